The molecule has 0 bridgehead atoms. The Bertz CT molecular complexity index is 804. The van der Waals surface area contributed by atoms with Gasteiger partial charge >= 0.3 is 0 Å². The van der Waals surface area contributed by atoms with Crippen LogP contribution >= 0.6 is 11.6 Å². The van der Waals surface area contributed by atoms with E-state index < -0.39 is 5.60 Å². The molecule has 6 heteroatoms. The second-order valence-electron chi connectivity index (χ2n) is 6.36. The molecular formula is C18H17ClFN3O. The summed E-state index contributed by atoms with van der Waals surface area (Å²) in [5.41, 5.74) is 0.445. The van der Waals surface area contributed by atoms with Crippen molar-refractivity contribution in [1.29, 1.82) is 0 Å². The maximum atomic E-state index is 13.6. The molecule has 1 aromatic heterocycles. The molecule has 4 atom stereocenters. The summed E-state index contributed by atoms with van der Waals surface area (Å²) >= 11 is 6.36. The van der Waals surface area contributed by atoms with Crippen molar-refractivity contribution in [3.05, 3.63) is 71.6 Å². The van der Waals surface area contributed by atoms with E-state index in [2.05, 4.69) is 10.1 Å². The van der Waals surface area contributed by atoms with E-state index in [1.165, 1.54) is 12.4 Å². The second-order valence-corrected chi connectivity index (χ2v) is 6.77. The van der Waals surface area contributed by atoms with E-state index in [9.17, 15) is 4.39 Å². The van der Waals surface area contributed by atoms with Crippen LogP contribution < -0.4 is 0 Å². The number of allylic oxidation sites excluding steroid dienone is 3. The minimum Gasteiger partial charge on any atom is -0.358 e. The third kappa shape index (κ3) is 2.58. The van der Waals surface area contributed by atoms with Crippen LogP contribution in [0.4, 0.5) is 4.39 Å². The third-order valence-electron chi connectivity index (χ3n) is 4.80. The first kappa shape index (κ1) is 15.5. The molecule has 1 aromatic carbocycles. The van der Waals surface area contributed by atoms with Crippen LogP contribution in [0.2, 0.25) is 5.02 Å². The molecule has 4 rings (SSSR count). The Balaban J connectivity index is 1.70. The lowest BCUT2D eigenvalue weighted by Crippen LogP contribution is -2.34. The fourth-order valence-corrected chi connectivity index (χ4v) is 3.87. The van der Waals surface area contributed by atoms with Crippen LogP contribution in [0.5, 0.6) is 0 Å². The lowest BCUT2D eigenvalue weighted by atomic mass is 9.76. The van der Waals surface area contributed by atoms with Gasteiger partial charge in [-0.05, 0) is 24.1 Å². The van der Waals surface area contributed by atoms with Crippen molar-refractivity contribution in [1.82, 2.24) is 14.8 Å². The van der Waals surface area contributed by atoms with Crippen LogP contribution in [-0.4, -0.2) is 20.4 Å². The predicted octanol–water partition coefficient (Wildman–Crippen LogP) is 4.12. The van der Waals surface area contributed by atoms with E-state index in [4.69, 9.17) is 16.3 Å². The fourth-order valence-electron chi connectivity index (χ4n) is 3.64. The van der Waals surface area contributed by atoms with Gasteiger partial charge in [0.15, 0.2) is 0 Å². The van der Waals surface area contributed by atoms with Crippen LogP contribution in [0, 0.1) is 11.8 Å². The highest BCUT2D eigenvalue weighted by molar-refractivity contribution is 6.31. The lowest BCUT2D eigenvalue weighted by Gasteiger charge is -2.28. The van der Waals surface area contributed by atoms with Gasteiger partial charge in [0.05, 0.1) is 6.54 Å². The monoisotopic (exact) mass is 345 g/mol. The van der Waals surface area contributed by atoms with Gasteiger partial charge in [-0.15, -0.1) is 0 Å². The Morgan fingerprint density at radius 1 is 1.38 bits per heavy atom. The van der Waals surface area contributed by atoms with Gasteiger partial charge in [-0.3, -0.25) is 0 Å². The smallest absolute Gasteiger partial charge is 0.137 e. The van der Waals surface area contributed by atoms with Crippen LogP contribution in [-0.2, 0) is 11.3 Å². The van der Waals surface area contributed by atoms with Crippen molar-refractivity contribution in [2.45, 2.75) is 25.2 Å². The standard InChI is InChI=1S/C18H17ClFN3O/c1-12-8-13(20)6-7-15(12)18(9-23-11-21-10-22-23)17(24-18)14-4-2-3-5-16(14)19/h2-8,10-12,15,17H,9H2,1H3. The highest BCUT2D eigenvalue weighted by atomic mass is 35.5. The van der Waals surface area contributed by atoms with Crippen LogP contribution in [0.3, 0.4) is 0 Å². The molecule has 1 aliphatic heterocycles. The van der Waals surface area contributed by atoms with Crippen LogP contribution in [0.15, 0.2) is 61.0 Å². The Hall–Kier alpha value is -1.98. The largest absolute Gasteiger partial charge is 0.358 e. The van der Waals surface area contributed by atoms with Gasteiger partial charge in [-0.25, -0.2) is 14.1 Å². The lowest BCUT2D eigenvalue weighted by molar-refractivity contribution is 0.186. The van der Waals surface area contributed by atoms with Crippen molar-refractivity contribution in [3.8, 4) is 0 Å². The Morgan fingerprint density at radius 2 is 2.21 bits per heavy atom. The van der Waals surface area contributed by atoms with E-state index in [0.29, 0.717) is 11.6 Å². The molecule has 0 radical (unpaired) electrons. The van der Waals surface area contributed by atoms with Gasteiger partial charge in [-0.1, -0.05) is 42.8 Å². The maximum absolute atomic E-state index is 13.6. The minimum atomic E-state index is -0.508. The normalized spacial score (nSPS) is 31.8. The van der Waals surface area contributed by atoms with E-state index >= 15 is 0 Å². The zero-order chi connectivity index (χ0) is 16.7. The quantitative estimate of drug-likeness (QED) is 0.783. The summed E-state index contributed by atoms with van der Waals surface area (Å²) in [6.45, 7) is 2.54. The molecule has 2 aliphatic rings. The molecular weight excluding hydrogens is 329 g/mol. The summed E-state index contributed by atoms with van der Waals surface area (Å²) in [5.74, 6) is -0.155. The number of epoxide rings is 1. The Labute approximate surface area is 144 Å². The Morgan fingerprint density at radius 3 is 2.92 bits per heavy atom. The molecule has 4 nitrogen and oxygen atoms in total. The number of hydrogen-bond acceptors (Lipinski definition) is 3. The summed E-state index contributed by atoms with van der Waals surface area (Å²) in [7, 11) is 0. The van der Waals surface area contributed by atoms with Crippen molar-refractivity contribution in [2.24, 2.45) is 11.8 Å². The predicted molar refractivity (Wildman–Crippen MR) is 89.0 cm³/mol. The molecule has 2 heterocycles. The SMILES string of the molecule is CC1C=C(F)C=CC1C1(Cn2cncn2)OC1c1ccccc1Cl. The summed E-state index contributed by atoms with van der Waals surface area (Å²) < 4.78 is 21.5. The van der Waals surface area contributed by atoms with Gasteiger partial charge < -0.3 is 4.74 Å². The second kappa shape index (κ2) is 5.83. The minimum absolute atomic E-state index is 0.0195. The van der Waals surface area contributed by atoms with Gasteiger partial charge in [0.2, 0.25) is 0 Å². The van der Waals surface area contributed by atoms with E-state index in [0.717, 1.165) is 5.56 Å². The molecule has 0 saturated carbocycles. The maximum Gasteiger partial charge on any atom is 0.137 e. The van der Waals surface area contributed by atoms with E-state index in [-0.39, 0.29) is 23.8 Å². The van der Waals surface area contributed by atoms with Gasteiger partial charge in [0.25, 0.3) is 0 Å². The van der Waals surface area contributed by atoms with Crippen LogP contribution in [0.1, 0.15) is 18.6 Å². The Kier molecular flexibility index (Phi) is 3.77. The molecule has 1 saturated heterocycles. The summed E-state index contributed by atoms with van der Waals surface area (Å²) in [5, 5.41) is 4.88. The number of ether oxygens (including phenoxy) is 1. The summed E-state index contributed by atoms with van der Waals surface area (Å²) in [6, 6.07) is 7.68. The number of benzene rings is 1. The van der Waals surface area contributed by atoms with Crippen molar-refractivity contribution < 1.29 is 9.13 Å². The number of rotatable bonds is 4. The molecule has 0 spiro atoms. The average Bonchev–Trinajstić information content (AvgIpc) is 3.01. The molecule has 4 unspecified atom stereocenters. The first-order chi connectivity index (χ1) is 11.6. The molecule has 2 aromatic rings. The molecule has 0 amide bonds. The summed E-state index contributed by atoms with van der Waals surface area (Å²) in [4.78, 5) is 4.01. The third-order valence-corrected chi connectivity index (χ3v) is 5.15. The first-order valence-electron chi connectivity index (χ1n) is 7.90. The molecule has 124 valence electrons. The topological polar surface area (TPSA) is 43.2 Å². The van der Waals surface area contributed by atoms with E-state index in [1.807, 2.05) is 37.3 Å². The number of hydrogen-bond donors (Lipinski definition) is 0. The highest BCUT2D eigenvalue weighted by Gasteiger charge is 2.63. The van der Waals surface area contributed by atoms with Crippen molar-refractivity contribution >= 4 is 11.6 Å². The van der Waals surface area contributed by atoms with Crippen molar-refractivity contribution in [3.63, 3.8) is 0 Å². The number of nitrogens with zero attached hydrogens (tertiary/aromatic N) is 3. The number of halogens is 2. The van der Waals surface area contributed by atoms with Gasteiger partial charge in [0.1, 0.15) is 30.2 Å². The zero-order valence-electron chi connectivity index (χ0n) is 13.1. The first-order valence-corrected chi connectivity index (χ1v) is 8.28. The van der Waals surface area contributed by atoms with E-state index in [1.54, 1.807) is 17.1 Å². The molecule has 1 fully saturated rings. The van der Waals surface area contributed by atoms with Crippen molar-refractivity contribution in [2.75, 3.05) is 0 Å². The average molecular weight is 346 g/mol. The van der Waals surface area contributed by atoms with Gasteiger partial charge in [0, 0.05) is 16.5 Å². The van der Waals surface area contributed by atoms with Gasteiger partial charge in [-0.2, -0.15) is 5.10 Å². The molecule has 0 N–H and O–H groups in total. The number of aromatic nitrogens is 3. The summed E-state index contributed by atoms with van der Waals surface area (Å²) in [6.07, 6.45) is 8.06. The molecule has 1 aliphatic carbocycles. The highest BCUT2D eigenvalue weighted by Crippen LogP contribution is 2.59. The van der Waals surface area contributed by atoms with Crippen LogP contribution in [0.25, 0.3) is 0 Å². The zero-order valence-corrected chi connectivity index (χ0v) is 13.9. The fraction of sp³-hybridized carbons (Fsp3) is 0.333. The molecule has 24 heavy (non-hydrogen) atoms.